The van der Waals surface area contributed by atoms with Crippen LogP contribution in [0.5, 0.6) is 0 Å². The third-order valence-electron chi connectivity index (χ3n) is 4.70. The highest BCUT2D eigenvalue weighted by atomic mass is 16.5. The number of nitrogens with one attached hydrogen (secondary N) is 1. The number of hydrogen-bond acceptors (Lipinski definition) is 3. The molecule has 0 amide bonds. The monoisotopic (exact) mass is 254 g/mol. The summed E-state index contributed by atoms with van der Waals surface area (Å²) in [6, 6.07) is 1.53. The summed E-state index contributed by atoms with van der Waals surface area (Å²) in [4.78, 5) is 2.69. The van der Waals surface area contributed by atoms with Crippen LogP contribution >= 0.6 is 0 Å². The molecule has 2 fully saturated rings. The molecule has 0 spiro atoms. The zero-order chi connectivity index (χ0) is 12.8. The summed E-state index contributed by atoms with van der Waals surface area (Å²) < 4.78 is 5.29. The van der Waals surface area contributed by atoms with E-state index in [1.54, 1.807) is 0 Å². The average molecular weight is 254 g/mol. The van der Waals surface area contributed by atoms with E-state index in [-0.39, 0.29) is 0 Å². The lowest BCUT2D eigenvalue weighted by atomic mass is 9.86. The third kappa shape index (κ3) is 4.22. The normalized spacial score (nSPS) is 33.2. The van der Waals surface area contributed by atoms with Crippen molar-refractivity contribution in [2.24, 2.45) is 5.92 Å². The molecule has 1 heterocycles. The van der Waals surface area contributed by atoms with Gasteiger partial charge in [0.1, 0.15) is 0 Å². The Kier molecular flexibility index (Phi) is 5.93. The second-order valence-corrected chi connectivity index (χ2v) is 6.19. The van der Waals surface area contributed by atoms with Crippen molar-refractivity contribution in [1.29, 1.82) is 0 Å². The molecule has 2 aliphatic rings. The molecule has 2 rings (SSSR count). The molecule has 1 aliphatic heterocycles. The molecule has 0 aromatic heterocycles. The lowest BCUT2D eigenvalue weighted by molar-refractivity contribution is 0.0880. The van der Waals surface area contributed by atoms with E-state index in [4.69, 9.17) is 4.74 Å². The van der Waals surface area contributed by atoms with Crippen molar-refractivity contribution in [3.63, 3.8) is 0 Å². The molecule has 1 unspecified atom stereocenters. The highest BCUT2D eigenvalue weighted by Gasteiger charge is 2.26. The first-order chi connectivity index (χ1) is 8.79. The van der Waals surface area contributed by atoms with Crippen LogP contribution in [0.15, 0.2) is 0 Å². The van der Waals surface area contributed by atoms with Gasteiger partial charge in [0.15, 0.2) is 0 Å². The van der Waals surface area contributed by atoms with E-state index in [0.717, 1.165) is 31.2 Å². The molecule has 3 nitrogen and oxygen atoms in total. The lowest BCUT2D eigenvalue weighted by Gasteiger charge is -2.37. The van der Waals surface area contributed by atoms with Gasteiger partial charge in [-0.1, -0.05) is 6.92 Å². The van der Waals surface area contributed by atoms with Crippen LogP contribution in [-0.2, 0) is 4.74 Å². The molecular weight excluding hydrogens is 224 g/mol. The average Bonchev–Trinajstić information content (AvgIpc) is 2.88. The van der Waals surface area contributed by atoms with E-state index in [1.807, 2.05) is 7.11 Å². The fourth-order valence-corrected chi connectivity index (χ4v) is 3.43. The molecular formula is C15H30N2O. The minimum Gasteiger partial charge on any atom is -0.383 e. The summed E-state index contributed by atoms with van der Waals surface area (Å²) in [5.41, 5.74) is 0. The Labute approximate surface area is 112 Å². The van der Waals surface area contributed by atoms with E-state index in [1.165, 1.54) is 51.6 Å². The Bertz CT molecular complexity index is 221. The summed E-state index contributed by atoms with van der Waals surface area (Å²) in [5.74, 6) is 0.940. The molecule has 1 saturated heterocycles. The van der Waals surface area contributed by atoms with Crippen molar-refractivity contribution in [1.82, 2.24) is 10.2 Å². The van der Waals surface area contributed by atoms with E-state index < -0.39 is 0 Å². The quantitative estimate of drug-likeness (QED) is 0.787. The first-order valence-electron chi connectivity index (χ1n) is 7.76. The second kappa shape index (κ2) is 7.46. The van der Waals surface area contributed by atoms with Crippen molar-refractivity contribution >= 4 is 0 Å². The van der Waals surface area contributed by atoms with Gasteiger partial charge < -0.3 is 10.1 Å². The van der Waals surface area contributed by atoms with Crippen LogP contribution in [0, 0.1) is 5.92 Å². The number of ether oxygens (including phenoxy) is 1. The number of hydrogen-bond donors (Lipinski definition) is 1. The highest BCUT2D eigenvalue weighted by molar-refractivity contribution is 4.84. The van der Waals surface area contributed by atoms with Crippen LogP contribution < -0.4 is 5.32 Å². The Morgan fingerprint density at radius 2 is 1.94 bits per heavy atom. The summed E-state index contributed by atoms with van der Waals surface area (Å²) in [6.07, 6.45) is 8.30. The third-order valence-corrected chi connectivity index (χ3v) is 4.70. The van der Waals surface area contributed by atoms with Crippen LogP contribution in [0.25, 0.3) is 0 Å². The maximum atomic E-state index is 5.29. The predicted molar refractivity (Wildman–Crippen MR) is 75.9 cm³/mol. The SMILES string of the molecule is COCCN(CC1CCCN1)C1CCC(C)CC1. The molecule has 3 heteroatoms. The van der Waals surface area contributed by atoms with Crippen LogP contribution in [0.3, 0.4) is 0 Å². The van der Waals surface area contributed by atoms with Gasteiger partial charge in [-0.25, -0.2) is 0 Å². The summed E-state index contributed by atoms with van der Waals surface area (Å²) in [6.45, 7) is 6.81. The molecule has 0 bridgehead atoms. The minimum atomic E-state index is 0.723. The predicted octanol–water partition coefficient (Wildman–Crippen LogP) is 2.27. The maximum absolute atomic E-state index is 5.29. The van der Waals surface area contributed by atoms with E-state index in [0.29, 0.717) is 0 Å². The molecule has 1 atom stereocenters. The van der Waals surface area contributed by atoms with Gasteiger partial charge in [-0.2, -0.15) is 0 Å². The molecule has 1 saturated carbocycles. The van der Waals surface area contributed by atoms with Crippen molar-refractivity contribution < 1.29 is 4.74 Å². The van der Waals surface area contributed by atoms with Crippen LogP contribution in [-0.4, -0.2) is 50.3 Å². The molecule has 0 aromatic rings. The number of nitrogens with zero attached hydrogens (tertiary/aromatic N) is 1. The molecule has 1 aliphatic carbocycles. The second-order valence-electron chi connectivity index (χ2n) is 6.19. The standard InChI is InChI=1S/C15H30N2O/c1-13-5-7-15(8-6-13)17(10-11-18-2)12-14-4-3-9-16-14/h13-16H,3-12H2,1-2H3. The van der Waals surface area contributed by atoms with Gasteiger partial charge in [-0.15, -0.1) is 0 Å². The Balaban J connectivity index is 1.82. The Hall–Kier alpha value is -0.120. The first-order valence-corrected chi connectivity index (χ1v) is 7.76. The van der Waals surface area contributed by atoms with Gasteiger partial charge in [0.25, 0.3) is 0 Å². The van der Waals surface area contributed by atoms with Crippen LogP contribution in [0.4, 0.5) is 0 Å². The minimum absolute atomic E-state index is 0.723. The van der Waals surface area contributed by atoms with E-state index in [2.05, 4.69) is 17.1 Å². The maximum Gasteiger partial charge on any atom is 0.0589 e. The number of methoxy groups -OCH3 is 1. The summed E-state index contributed by atoms with van der Waals surface area (Å²) >= 11 is 0. The molecule has 0 aromatic carbocycles. The van der Waals surface area contributed by atoms with Crippen LogP contribution in [0.1, 0.15) is 45.4 Å². The molecule has 0 radical (unpaired) electrons. The lowest BCUT2D eigenvalue weighted by Crippen LogP contribution is -2.46. The summed E-state index contributed by atoms with van der Waals surface area (Å²) in [7, 11) is 1.81. The molecule has 106 valence electrons. The van der Waals surface area contributed by atoms with Crippen LogP contribution in [0.2, 0.25) is 0 Å². The zero-order valence-electron chi connectivity index (χ0n) is 12.2. The number of rotatable bonds is 6. The van der Waals surface area contributed by atoms with Gasteiger partial charge in [0.2, 0.25) is 0 Å². The topological polar surface area (TPSA) is 24.5 Å². The molecule has 1 N–H and O–H groups in total. The van der Waals surface area contributed by atoms with Crippen molar-refractivity contribution in [3.8, 4) is 0 Å². The van der Waals surface area contributed by atoms with Gasteiger partial charge in [0, 0.05) is 32.3 Å². The fraction of sp³-hybridized carbons (Fsp3) is 1.00. The van der Waals surface area contributed by atoms with Gasteiger partial charge >= 0.3 is 0 Å². The Morgan fingerprint density at radius 3 is 2.56 bits per heavy atom. The van der Waals surface area contributed by atoms with Crippen molar-refractivity contribution in [2.45, 2.75) is 57.5 Å². The smallest absolute Gasteiger partial charge is 0.0589 e. The Morgan fingerprint density at radius 1 is 1.17 bits per heavy atom. The molecule has 18 heavy (non-hydrogen) atoms. The van der Waals surface area contributed by atoms with E-state index >= 15 is 0 Å². The largest absolute Gasteiger partial charge is 0.383 e. The van der Waals surface area contributed by atoms with Gasteiger partial charge in [-0.05, 0) is 51.0 Å². The van der Waals surface area contributed by atoms with Crippen molar-refractivity contribution in [2.75, 3.05) is 33.4 Å². The highest BCUT2D eigenvalue weighted by Crippen LogP contribution is 2.27. The van der Waals surface area contributed by atoms with Gasteiger partial charge in [0.05, 0.1) is 6.61 Å². The van der Waals surface area contributed by atoms with Gasteiger partial charge in [-0.3, -0.25) is 4.90 Å². The zero-order valence-corrected chi connectivity index (χ0v) is 12.2. The summed E-state index contributed by atoms with van der Waals surface area (Å²) in [5, 5.41) is 3.63. The van der Waals surface area contributed by atoms with E-state index in [9.17, 15) is 0 Å². The first kappa shape index (κ1) is 14.3. The fourth-order valence-electron chi connectivity index (χ4n) is 3.43. The van der Waals surface area contributed by atoms with Crippen molar-refractivity contribution in [3.05, 3.63) is 0 Å².